The molecular formula is C12H20N4. The van der Waals surface area contributed by atoms with Crippen molar-refractivity contribution in [3.05, 3.63) is 17.7 Å². The molecule has 2 aliphatic rings. The monoisotopic (exact) mass is 220 g/mol. The standard InChI is InChI=1S/C12H20N4/c1-2-10(3-1)11-8-14-12(15-11)9-16-6-4-13-5-7-16/h8,10,13H,1-7,9H2,(H,14,15). The number of aromatic nitrogens is 2. The van der Waals surface area contributed by atoms with Crippen molar-refractivity contribution in [2.24, 2.45) is 0 Å². The van der Waals surface area contributed by atoms with E-state index in [1.807, 2.05) is 6.20 Å². The molecule has 1 aliphatic carbocycles. The highest BCUT2D eigenvalue weighted by molar-refractivity contribution is 5.10. The molecule has 0 spiro atoms. The summed E-state index contributed by atoms with van der Waals surface area (Å²) in [5, 5.41) is 3.37. The van der Waals surface area contributed by atoms with Crippen LogP contribution in [0.1, 0.15) is 36.7 Å². The van der Waals surface area contributed by atoms with Crippen molar-refractivity contribution < 1.29 is 0 Å². The van der Waals surface area contributed by atoms with Crippen LogP contribution in [0.25, 0.3) is 0 Å². The first-order valence-corrected chi connectivity index (χ1v) is 6.38. The minimum absolute atomic E-state index is 0.768. The lowest BCUT2D eigenvalue weighted by Gasteiger charge is -2.26. The lowest BCUT2D eigenvalue weighted by Crippen LogP contribution is -2.43. The predicted octanol–water partition coefficient (Wildman–Crippen LogP) is 1.08. The normalized spacial score (nSPS) is 23.2. The van der Waals surface area contributed by atoms with E-state index in [9.17, 15) is 0 Å². The van der Waals surface area contributed by atoms with Crippen LogP contribution in [0.3, 0.4) is 0 Å². The Morgan fingerprint density at radius 3 is 2.81 bits per heavy atom. The van der Waals surface area contributed by atoms with Crippen LogP contribution in [0.2, 0.25) is 0 Å². The van der Waals surface area contributed by atoms with Gasteiger partial charge in [0.1, 0.15) is 5.82 Å². The van der Waals surface area contributed by atoms with Gasteiger partial charge in [-0.2, -0.15) is 0 Å². The van der Waals surface area contributed by atoms with E-state index in [2.05, 4.69) is 20.2 Å². The van der Waals surface area contributed by atoms with Crippen LogP contribution >= 0.6 is 0 Å². The minimum Gasteiger partial charge on any atom is -0.345 e. The summed E-state index contributed by atoms with van der Waals surface area (Å²) >= 11 is 0. The van der Waals surface area contributed by atoms with Gasteiger partial charge >= 0.3 is 0 Å². The van der Waals surface area contributed by atoms with Crippen molar-refractivity contribution in [1.29, 1.82) is 0 Å². The van der Waals surface area contributed by atoms with Crippen LogP contribution in [-0.2, 0) is 6.54 Å². The fourth-order valence-corrected chi connectivity index (χ4v) is 2.47. The Bertz CT molecular complexity index is 337. The average molecular weight is 220 g/mol. The lowest BCUT2D eigenvalue weighted by molar-refractivity contribution is 0.228. The number of imidazole rings is 1. The lowest BCUT2D eigenvalue weighted by atomic mass is 9.83. The summed E-state index contributed by atoms with van der Waals surface area (Å²) in [6, 6.07) is 0. The second-order valence-corrected chi connectivity index (χ2v) is 4.94. The summed E-state index contributed by atoms with van der Waals surface area (Å²) in [6.07, 6.45) is 6.11. The van der Waals surface area contributed by atoms with Crippen LogP contribution in [0, 0.1) is 0 Å². The molecule has 4 heteroatoms. The SMILES string of the molecule is c1nc(CN2CCNCC2)[nH]c1C1CCC1. The maximum absolute atomic E-state index is 4.50. The number of hydrogen-bond donors (Lipinski definition) is 2. The van der Waals surface area contributed by atoms with Gasteiger partial charge in [0.2, 0.25) is 0 Å². The summed E-state index contributed by atoms with van der Waals surface area (Å²) in [5.41, 5.74) is 1.36. The Balaban J connectivity index is 1.58. The van der Waals surface area contributed by atoms with Crippen molar-refractivity contribution in [1.82, 2.24) is 20.2 Å². The van der Waals surface area contributed by atoms with Gasteiger partial charge in [0.25, 0.3) is 0 Å². The molecule has 1 saturated heterocycles. The van der Waals surface area contributed by atoms with Gasteiger partial charge in [0.15, 0.2) is 0 Å². The summed E-state index contributed by atoms with van der Waals surface area (Å²) in [5.74, 6) is 1.91. The van der Waals surface area contributed by atoms with Crippen molar-refractivity contribution >= 4 is 0 Å². The second-order valence-electron chi connectivity index (χ2n) is 4.94. The highest BCUT2D eigenvalue weighted by Crippen LogP contribution is 2.35. The van der Waals surface area contributed by atoms with Gasteiger partial charge in [-0.15, -0.1) is 0 Å². The zero-order chi connectivity index (χ0) is 10.8. The van der Waals surface area contributed by atoms with E-state index in [1.165, 1.54) is 25.0 Å². The first-order chi connectivity index (χ1) is 7.92. The second kappa shape index (κ2) is 4.55. The smallest absolute Gasteiger partial charge is 0.120 e. The van der Waals surface area contributed by atoms with Crippen molar-refractivity contribution in [2.75, 3.05) is 26.2 Å². The molecule has 16 heavy (non-hydrogen) atoms. The van der Waals surface area contributed by atoms with Crippen LogP contribution in [-0.4, -0.2) is 41.0 Å². The molecule has 3 rings (SSSR count). The molecule has 1 aliphatic heterocycles. The number of piperazine rings is 1. The highest BCUT2D eigenvalue weighted by atomic mass is 15.2. The third-order valence-corrected chi connectivity index (χ3v) is 3.78. The van der Waals surface area contributed by atoms with E-state index >= 15 is 0 Å². The Labute approximate surface area is 96.4 Å². The molecule has 1 aromatic heterocycles. The quantitative estimate of drug-likeness (QED) is 0.801. The predicted molar refractivity (Wildman–Crippen MR) is 63.3 cm³/mol. The van der Waals surface area contributed by atoms with Crippen LogP contribution in [0.15, 0.2) is 6.20 Å². The van der Waals surface area contributed by atoms with Crippen molar-refractivity contribution in [2.45, 2.75) is 31.7 Å². The van der Waals surface area contributed by atoms with E-state index in [1.54, 1.807) is 0 Å². The minimum atomic E-state index is 0.768. The molecule has 0 bridgehead atoms. The average Bonchev–Trinajstić information content (AvgIpc) is 2.65. The zero-order valence-electron chi connectivity index (χ0n) is 9.71. The summed E-state index contributed by atoms with van der Waals surface area (Å²) < 4.78 is 0. The maximum atomic E-state index is 4.50. The van der Waals surface area contributed by atoms with Crippen LogP contribution < -0.4 is 5.32 Å². The number of aromatic amines is 1. The fraction of sp³-hybridized carbons (Fsp3) is 0.750. The summed E-state index contributed by atoms with van der Waals surface area (Å²) in [6.45, 7) is 5.47. The molecule has 0 amide bonds. The molecular weight excluding hydrogens is 200 g/mol. The number of hydrogen-bond acceptors (Lipinski definition) is 3. The molecule has 88 valence electrons. The molecule has 2 N–H and O–H groups in total. The summed E-state index contributed by atoms with van der Waals surface area (Å²) in [7, 11) is 0. The van der Waals surface area contributed by atoms with Gasteiger partial charge in [-0.05, 0) is 12.8 Å². The Kier molecular flexibility index (Phi) is 2.93. The topological polar surface area (TPSA) is 44.0 Å². The first kappa shape index (κ1) is 10.3. The number of nitrogens with zero attached hydrogens (tertiary/aromatic N) is 2. The third kappa shape index (κ3) is 2.13. The molecule has 2 heterocycles. The number of H-pyrrole nitrogens is 1. The van der Waals surface area contributed by atoms with Gasteiger partial charge in [0, 0.05) is 44.0 Å². The first-order valence-electron chi connectivity index (χ1n) is 6.38. The third-order valence-electron chi connectivity index (χ3n) is 3.78. The van der Waals surface area contributed by atoms with Crippen LogP contribution in [0.5, 0.6) is 0 Å². The van der Waals surface area contributed by atoms with Crippen LogP contribution in [0.4, 0.5) is 0 Å². The molecule has 0 unspecified atom stereocenters. The van der Waals surface area contributed by atoms with E-state index in [-0.39, 0.29) is 0 Å². The molecule has 0 atom stereocenters. The van der Waals surface area contributed by atoms with Crippen molar-refractivity contribution in [3.8, 4) is 0 Å². The Hall–Kier alpha value is -0.870. The van der Waals surface area contributed by atoms with Crippen molar-refractivity contribution in [3.63, 3.8) is 0 Å². The maximum Gasteiger partial charge on any atom is 0.120 e. The summed E-state index contributed by atoms with van der Waals surface area (Å²) in [4.78, 5) is 10.4. The van der Waals surface area contributed by atoms with Gasteiger partial charge in [0.05, 0.1) is 6.54 Å². The molecule has 1 saturated carbocycles. The van der Waals surface area contributed by atoms with Gasteiger partial charge in [-0.3, -0.25) is 4.90 Å². The fourth-order valence-electron chi connectivity index (χ4n) is 2.47. The molecule has 2 fully saturated rings. The Morgan fingerprint density at radius 2 is 2.12 bits per heavy atom. The van der Waals surface area contributed by atoms with E-state index in [4.69, 9.17) is 0 Å². The number of rotatable bonds is 3. The largest absolute Gasteiger partial charge is 0.345 e. The molecule has 0 aromatic carbocycles. The van der Waals surface area contributed by atoms with E-state index in [0.29, 0.717) is 0 Å². The van der Waals surface area contributed by atoms with E-state index in [0.717, 1.165) is 44.5 Å². The molecule has 4 nitrogen and oxygen atoms in total. The Morgan fingerprint density at radius 1 is 1.31 bits per heavy atom. The van der Waals surface area contributed by atoms with E-state index < -0.39 is 0 Å². The zero-order valence-corrected chi connectivity index (χ0v) is 9.71. The van der Waals surface area contributed by atoms with Gasteiger partial charge < -0.3 is 10.3 Å². The molecule has 1 aromatic rings. The van der Waals surface area contributed by atoms with Gasteiger partial charge in [-0.1, -0.05) is 6.42 Å². The van der Waals surface area contributed by atoms with Gasteiger partial charge in [-0.25, -0.2) is 4.98 Å². The highest BCUT2D eigenvalue weighted by Gasteiger charge is 2.21. The molecule has 0 radical (unpaired) electrons. The number of nitrogens with one attached hydrogen (secondary N) is 2.